The Morgan fingerprint density at radius 3 is 2.34 bits per heavy atom. The van der Waals surface area contributed by atoms with Crippen molar-refractivity contribution in [1.82, 2.24) is 15.2 Å². The van der Waals surface area contributed by atoms with Gasteiger partial charge in [0.1, 0.15) is 11.1 Å². The minimum absolute atomic E-state index is 0.0393. The molecule has 29 heavy (non-hydrogen) atoms. The highest BCUT2D eigenvalue weighted by Gasteiger charge is 2.20. The fraction of sp³-hybridized carbons (Fsp3) is 0.227. The van der Waals surface area contributed by atoms with Gasteiger partial charge in [-0.25, -0.2) is 0 Å². The van der Waals surface area contributed by atoms with Crippen molar-refractivity contribution in [3.05, 3.63) is 92.0 Å². The zero-order chi connectivity index (χ0) is 20.8. The Morgan fingerprint density at radius 1 is 1.03 bits per heavy atom. The molecule has 3 aromatic rings. The van der Waals surface area contributed by atoms with Gasteiger partial charge in [0, 0.05) is 30.9 Å². The molecule has 1 aromatic carbocycles. The van der Waals surface area contributed by atoms with Gasteiger partial charge < -0.3 is 15.2 Å². The molecule has 2 aromatic heterocycles. The lowest BCUT2D eigenvalue weighted by Crippen LogP contribution is -2.35. The number of carbonyl (C=O) groups excluding carboxylic acids is 2. The third kappa shape index (κ3) is 5.00. The van der Waals surface area contributed by atoms with Gasteiger partial charge in [-0.05, 0) is 30.4 Å². The van der Waals surface area contributed by atoms with E-state index in [1.54, 1.807) is 4.57 Å². The molecule has 0 bridgehead atoms. The van der Waals surface area contributed by atoms with E-state index in [4.69, 9.17) is 0 Å². The molecule has 0 aliphatic rings. The molecule has 7 heteroatoms. The lowest BCUT2D eigenvalue weighted by molar-refractivity contribution is 0.0938. The van der Waals surface area contributed by atoms with E-state index in [0.717, 1.165) is 10.4 Å². The summed E-state index contributed by atoms with van der Waals surface area (Å²) in [7, 11) is 1.46. The SMILES string of the molecule is CNC(=O)c1cn(CCc2ccccc2)cc(C(=O)NC(C)c2cccs2)c1=O. The molecule has 2 amide bonds. The van der Waals surface area contributed by atoms with Crippen molar-refractivity contribution in [2.75, 3.05) is 7.05 Å². The Morgan fingerprint density at radius 2 is 1.72 bits per heavy atom. The van der Waals surface area contributed by atoms with Gasteiger partial charge in [-0.2, -0.15) is 0 Å². The molecule has 0 fully saturated rings. The van der Waals surface area contributed by atoms with Gasteiger partial charge in [-0.15, -0.1) is 11.3 Å². The summed E-state index contributed by atoms with van der Waals surface area (Å²) < 4.78 is 1.73. The fourth-order valence-corrected chi connectivity index (χ4v) is 3.74. The Labute approximate surface area is 173 Å². The van der Waals surface area contributed by atoms with Crippen molar-refractivity contribution in [3.8, 4) is 0 Å². The van der Waals surface area contributed by atoms with Gasteiger partial charge in [-0.3, -0.25) is 14.4 Å². The maximum atomic E-state index is 12.8. The van der Waals surface area contributed by atoms with Gasteiger partial charge in [0.15, 0.2) is 0 Å². The number of amides is 2. The number of hydrogen-bond donors (Lipinski definition) is 2. The predicted octanol–water partition coefficient (Wildman–Crippen LogP) is 3.00. The van der Waals surface area contributed by atoms with Gasteiger partial charge in [0.25, 0.3) is 11.8 Å². The molecule has 150 valence electrons. The fourth-order valence-electron chi connectivity index (χ4n) is 3.00. The topological polar surface area (TPSA) is 80.2 Å². The molecular formula is C22H23N3O3S. The normalized spacial score (nSPS) is 11.7. The minimum atomic E-state index is -0.573. The number of carbonyl (C=O) groups is 2. The summed E-state index contributed by atoms with van der Waals surface area (Å²) in [6.07, 6.45) is 3.74. The molecule has 0 radical (unpaired) electrons. The molecule has 2 heterocycles. The molecule has 0 aliphatic carbocycles. The van der Waals surface area contributed by atoms with Crippen molar-refractivity contribution >= 4 is 23.2 Å². The summed E-state index contributed by atoms with van der Waals surface area (Å²) in [6, 6.07) is 13.5. The number of benzene rings is 1. The standard InChI is InChI=1S/C22H23N3O3S/c1-15(19-9-6-12-29-19)24-22(28)18-14-25(11-10-16-7-4-3-5-8-16)13-17(20(18)26)21(27)23-2/h3-9,12-15H,10-11H2,1-2H3,(H,23,27)(H,24,28). The molecule has 3 rings (SSSR count). The van der Waals surface area contributed by atoms with Crippen LogP contribution in [0.15, 0.2) is 65.0 Å². The van der Waals surface area contributed by atoms with Gasteiger partial charge in [0.05, 0.1) is 6.04 Å². The second kappa shape index (κ2) is 9.34. The highest BCUT2D eigenvalue weighted by molar-refractivity contribution is 7.10. The van der Waals surface area contributed by atoms with Crippen LogP contribution in [0.3, 0.4) is 0 Å². The zero-order valence-corrected chi connectivity index (χ0v) is 17.2. The smallest absolute Gasteiger partial charge is 0.257 e. The molecular weight excluding hydrogens is 386 g/mol. The van der Waals surface area contributed by atoms with Crippen molar-refractivity contribution < 1.29 is 9.59 Å². The first-order chi connectivity index (χ1) is 14.0. The van der Waals surface area contributed by atoms with E-state index in [1.165, 1.54) is 30.8 Å². The predicted molar refractivity (Wildman–Crippen MR) is 114 cm³/mol. The monoisotopic (exact) mass is 409 g/mol. The van der Waals surface area contributed by atoms with E-state index >= 15 is 0 Å². The average molecular weight is 410 g/mol. The van der Waals surface area contributed by atoms with Crippen LogP contribution in [0, 0.1) is 0 Å². The molecule has 6 nitrogen and oxygen atoms in total. The number of nitrogens with zero attached hydrogens (tertiary/aromatic N) is 1. The summed E-state index contributed by atoms with van der Waals surface area (Å²) in [4.78, 5) is 38.8. The molecule has 2 N–H and O–H groups in total. The van der Waals surface area contributed by atoms with Crippen molar-refractivity contribution in [2.24, 2.45) is 0 Å². The van der Waals surface area contributed by atoms with Crippen LogP contribution in [0.2, 0.25) is 0 Å². The number of aromatic nitrogens is 1. The largest absolute Gasteiger partial charge is 0.355 e. The summed E-state index contributed by atoms with van der Waals surface area (Å²) in [5.41, 5.74) is 0.473. The van der Waals surface area contributed by atoms with Crippen LogP contribution in [0.1, 0.15) is 44.1 Å². The second-order valence-electron chi connectivity index (χ2n) is 6.68. The van der Waals surface area contributed by atoms with E-state index < -0.39 is 17.2 Å². The van der Waals surface area contributed by atoms with Crippen LogP contribution >= 0.6 is 11.3 Å². The molecule has 1 unspecified atom stereocenters. The lowest BCUT2D eigenvalue weighted by Gasteiger charge is -2.15. The first kappa shape index (κ1) is 20.5. The van der Waals surface area contributed by atoms with Crippen molar-refractivity contribution in [2.45, 2.75) is 25.9 Å². The Bertz CT molecular complexity index is 1040. The van der Waals surface area contributed by atoms with Crippen LogP contribution in [0.4, 0.5) is 0 Å². The van der Waals surface area contributed by atoms with Crippen molar-refractivity contribution in [3.63, 3.8) is 0 Å². The lowest BCUT2D eigenvalue weighted by atomic mass is 10.1. The van der Waals surface area contributed by atoms with Gasteiger partial charge in [-0.1, -0.05) is 36.4 Å². The molecule has 0 saturated heterocycles. The third-order valence-electron chi connectivity index (χ3n) is 4.61. The maximum absolute atomic E-state index is 12.8. The quantitative estimate of drug-likeness (QED) is 0.630. The van der Waals surface area contributed by atoms with E-state index in [9.17, 15) is 14.4 Å². The average Bonchev–Trinajstić information content (AvgIpc) is 3.28. The highest BCUT2D eigenvalue weighted by Crippen LogP contribution is 2.18. The molecule has 0 spiro atoms. The van der Waals surface area contributed by atoms with Gasteiger partial charge >= 0.3 is 0 Å². The van der Waals surface area contributed by atoms with Crippen LogP contribution in [-0.4, -0.2) is 23.4 Å². The number of rotatable bonds is 7. The van der Waals surface area contributed by atoms with Crippen LogP contribution in [0.5, 0.6) is 0 Å². The molecule has 0 aliphatic heterocycles. The summed E-state index contributed by atoms with van der Waals surface area (Å²) in [5, 5.41) is 7.25. The van der Waals surface area contributed by atoms with E-state index in [2.05, 4.69) is 10.6 Å². The first-order valence-electron chi connectivity index (χ1n) is 9.34. The van der Waals surface area contributed by atoms with E-state index in [0.29, 0.717) is 13.0 Å². The van der Waals surface area contributed by atoms with Crippen molar-refractivity contribution in [1.29, 1.82) is 0 Å². The van der Waals surface area contributed by atoms with E-state index in [-0.39, 0.29) is 17.2 Å². The van der Waals surface area contributed by atoms with E-state index in [1.807, 2.05) is 54.8 Å². The molecule has 1 atom stereocenters. The first-order valence-corrected chi connectivity index (χ1v) is 10.2. The van der Waals surface area contributed by atoms with Crippen LogP contribution < -0.4 is 16.1 Å². The molecule has 0 saturated carbocycles. The number of pyridine rings is 1. The number of aryl methyl sites for hydroxylation is 2. The Balaban J connectivity index is 1.88. The summed E-state index contributed by atoms with van der Waals surface area (Å²) in [5.74, 6) is -1.00. The highest BCUT2D eigenvalue weighted by atomic mass is 32.1. The third-order valence-corrected chi connectivity index (χ3v) is 5.67. The number of hydrogen-bond acceptors (Lipinski definition) is 4. The Kier molecular flexibility index (Phi) is 6.61. The van der Waals surface area contributed by atoms with Crippen LogP contribution in [-0.2, 0) is 13.0 Å². The number of thiophene rings is 1. The second-order valence-corrected chi connectivity index (χ2v) is 7.66. The maximum Gasteiger partial charge on any atom is 0.257 e. The number of nitrogens with one attached hydrogen (secondary N) is 2. The summed E-state index contributed by atoms with van der Waals surface area (Å²) >= 11 is 1.53. The zero-order valence-electron chi connectivity index (χ0n) is 16.3. The van der Waals surface area contributed by atoms with Gasteiger partial charge in [0.2, 0.25) is 5.43 Å². The minimum Gasteiger partial charge on any atom is -0.355 e. The summed E-state index contributed by atoms with van der Waals surface area (Å²) in [6.45, 7) is 2.40. The Hall–Kier alpha value is -3.19. The van der Waals surface area contributed by atoms with Crippen LogP contribution in [0.25, 0.3) is 0 Å².